The van der Waals surface area contributed by atoms with Gasteiger partial charge in [0, 0.05) is 12.0 Å². The third kappa shape index (κ3) is 1.47. The Kier molecular flexibility index (Phi) is 2.10. The normalized spacial score (nSPS) is 20.3. The molecule has 0 amide bonds. The van der Waals surface area contributed by atoms with E-state index in [2.05, 4.69) is 0 Å². The van der Waals surface area contributed by atoms with Crippen molar-refractivity contribution in [3.8, 4) is 11.5 Å². The molecule has 3 heteroatoms. The smallest absolute Gasteiger partial charge is 0.148 e. The van der Waals surface area contributed by atoms with Crippen LogP contribution in [0.25, 0.3) is 0 Å². The predicted molar refractivity (Wildman–Crippen MR) is 49.9 cm³/mol. The minimum atomic E-state index is -0.167. The van der Waals surface area contributed by atoms with Crippen LogP contribution in [0.4, 0.5) is 0 Å². The van der Waals surface area contributed by atoms with E-state index in [0.29, 0.717) is 0 Å². The molecule has 2 N–H and O–H groups in total. The van der Waals surface area contributed by atoms with E-state index in [1.165, 1.54) is 0 Å². The van der Waals surface area contributed by atoms with Crippen LogP contribution in [0.1, 0.15) is 12.0 Å². The van der Waals surface area contributed by atoms with Crippen LogP contribution in [0.5, 0.6) is 11.5 Å². The van der Waals surface area contributed by atoms with Crippen molar-refractivity contribution in [2.24, 2.45) is 5.73 Å². The Morgan fingerprint density at radius 3 is 3.15 bits per heavy atom. The van der Waals surface area contributed by atoms with Gasteiger partial charge in [-0.1, -0.05) is 6.07 Å². The second-order valence-corrected chi connectivity index (χ2v) is 3.13. The Morgan fingerprint density at radius 2 is 2.38 bits per heavy atom. The molecule has 1 atom stereocenters. The summed E-state index contributed by atoms with van der Waals surface area (Å²) in [5.74, 6) is 1.75. The van der Waals surface area contributed by atoms with Crippen molar-refractivity contribution in [3.63, 3.8) is 0 Å². The molecule has 0 saturated heterocycles. The first-order valence-corrected chi connectivity index (χ1v) is 4.39. The molecule has 3 nitrogen and oxygen atoms in total. The Hall–Kier alpha value is -1.22. The Balaban J connectivity index is 2.39. The molecule has 0 radical (unpaired) electrons. The quantitative estimate of drug-likeness (QED) is 0.706. The van der Waals surface area contributed by atoms with Crippen molar-refractivity contribution in [3.05, 3.63) is 23.8 Å². The summed E-state index contributed by atoms with van der Waals surface area (Å²) in [6.07, 6.45) is 1.62. The Bertz CT molecular complexity index is 312. The lowest BCUT2D eigenvalue weighted by molar-refractivity contribution is 0.178. The molecular weight excluding hydrogens is 166 g/mol. The highest BCUT2D eigenvalue weighted by atomic mass is 16.5. The van der Waals surface area contributed by atoms with Crippen LogP contribution < -0.4 is 15.2 Å². The molecule has 0 aliphatic carbocycles. The number of nitrogens with two attached hydrogens (primary N) is 1. The molecule has 1 aromatic rings. The molecule has 1 heterocycles. The van der Waals surface area contributed by atoms with Crippen LogP contribution in [0.3, 0.4) is 0 Å². The molecule has 1 aromatic carbocycles. The van der Waals surface area contributed by atoms with Gasteiger partial charge < -0.3 is 9.47 Å². The maximum Gasteiger partial charge on any atom is 0.148 e. The second-order valence-electron chi connectivity index (χ2n) is 3.13. The number of benzene rings is 1. The van der Waals surface area contributed by atoms with Crippen LogP contribution >= 0.6 is 0 Å². The summed E-state index contributed by atoms with van der Waals surface area (Å²) >= 11 is 0. The van der Waals surface area contributed by atoms with E-state index in [0.717, 1.165) is 29.9 Å². The third-order valence-corrected chi connectivity index (χ3v) is 2.27. The average Bonchev–Trinajstić information content (AvgIpc) is 2.16. The second kappa shape index (κ2) is 3.26. The minimum Gasteiger partial charge on any atom is -0.496 e. The molecule has 1 aliphatic rings. The lowest BCUT2D eigenvalue weighted by Gasteiger charge is -2.24. The van der Waals surface area contributed by atoms with Gasteiger partial charge >= 0.3 is 0 Å². The van der Waals surface area contributed by atoms with Crippen molar-refractivity contribution in [1.82, 2.24) is 0 Å². The van der Waals surface area contributed by atoms with Crippen molar-refractivity contribution < 1.29 is 9.47 Å². The van der Waals surface area contributed by atoms with Crippen molar-refractivity contribution in [2.75, 3.05) is 7.11 Å². The summed E-state index contributed by atoms with van der Waals surface area (Å²) in [5, 5.41) is 0. The predicted octanol–water partition coefficient (Wildman–Crippen LogP) is 1.30. The maximum atomic E-state index is 5.68. The molecule has 13 heavy (non-hydrogen) atoms. The standard InChI is InChI=1S/C10H13NO2/c1-12-8-3-2-4-9-7(8)5-6-10(11)13-9/h2-4,10H,5-6,11H2,1H3/t10-/m1/s1. The zero-order valence-corrected chi connectivity index (χ0v) is 7.62. The largest absolute Gasteiger partial charge is 0.496 e. The zero-order chi connectivity index (χ0) is 9.26. The first-order chi connectivity index (χ1) is 6.31. The Labute approximate surface area is 77.5 Å². The fourth-order valence-corrected chi connectivity index (χ4v) is 1.60. The molecule has 0 spiro atoms. The molecule has 0 unspecified atom stereocenters. The van der Waals surface area contributed by atoms with Crippen LogP contribution in [0.2, 0.25) is 0 Å². The number of ether oxygens (including phenoxy) is 2. The SMILES string of the molecule is COc1cccc2c1CC[C@H](N)O2. The Morgan fingerprint density at radius 1 is 1.54 bits per heavy atom. The summed E-state index contributed by atoms with van der Waals surface area (Å²) in [5.41, 5.74) is 6.81. The van der Waals surface area contributed by atoms with E-state index in [4.69, 9.17) is 15.2 Å². The van der Waals surface area contributed by atoms with Gasteiger partial charge in [-0.05, 0) is 18.6 Å². The van der Waals surface area contributed by atoms with E-state index in [-0.39, 0.29) is 6.23 Å². The third-order valence-electron chi connectivity index (χ3n) is 2.27. The number of rotatable bonds is 1. The number of hydrogen-bond acceptors (Lipinski definition) is 3. The van der Waals surface area contributed by atoms with E-state index in [1.54, 1.807) is 7.11 Å². The lowest BCUT2D eigenvalue weighted by Crippen LogP contribution is -2.31. The van der Waals surface area contributed by atoms with Crippen LogP contribution in [0, 0.1) is 0 Å². The molecule has 1 aliphatic heterocycles. The average molecular weight is 179 g/mol. The lowest BCUT2D eigenvalue weighted by atomic mass is 10.0. The molecule has 0 saturated carbocycles. The van der Waals surface area contributed by atoms with Gasteiger partial charge in [0.05, 0.1) is 7.11 Å². The molecular formula is C10H13NO2. The van der Waals surface area contributed by atoms with Crippen LogP contribution in [-0.2, 0) is 6.42 Å². The van der Waals surface area contributed by atoms with Crippen LogP contribution in [-0.4, -0.2) is 13.3 Å². The highest BCUT2D eigenvalue weighted by molar-refractivity contribution is 5.45. The molecule has 2 rings (SSSR count). The molecule has 0 aromatic heterocycles. The van der Waals surface area contributed by atoms with Crippen molar-refractivity contribution in [2.45, 2.75) is 19.1 Å². The monoisotopic (exact) mass is 179 g/mol. The highest BCUT2D eigenvalue weighted by Crippen LogP contribution is 2.33. The fraction of sp³-hybridized carbons (Fsp3) is 0.400. The van der Waals surface area contributed by atoms with Crippen molar-refractivity contribution in [1.29, 1.82) is 0 Å². The topological polar surface area (TPSA) is 44.5 Å². The van der Waals surface area contributed by atoms with Gasteiger partial charge in [0.15, 0.2) is 0 Å². The van der Waals surface area contributed by atoms with Gasteiger partial charge in [-0.3, -0.25) is 5.73 Å². The summed E-state index contributed by atoms with van der Waals surface area (Å²) in [4.78, 5) is 0. The van der Waals surface area contributed by atoms with Crippen molar-refractivity contribution >= 4 is 0 Å². The highest BCUT2D eigenvalue weighted by Gasteiger charge is 2.18. The summed E-state index contributed by atoms with van der Waals surface area (Å²) in [6, 6.07) is 5.78. The maximum absolute atomic E-state index is 5.68. The van der Waals surface area contributed by atoms with E-state index < -0.39 is 0 Å². The first kappa shape index (κ1) is 8.38. The van der Waals surface area contributed by atoms with Crippen LogP contribution in [0.15, 0.2) is 18.2 Å². The molecule has 70 valence electrons. The van der Waals surface area contributed by atoms with E-state index in [1.807, 2.05) is 18.2 Å². The van der Waals surface area contributed by atoms with Gasteiger partial charge in [-0.2, -0.15) is 0 Å². The summed E-state index contributed by atoms with van der Waals surface area (Å²) in [6.45, 7) is 0. The fourth-order valence-electron chi connectivity index (χ4n) is 1.60. The van der Waals surface area contributed by atoms with E-state index >= 15 is 0 Å². The number of methoxy groups -OCH3 is 1. The minimum absolute atomic E-state index is 0.167. The van der Waals surface area contributed by atoms with Gasteiger partial charge in [-0.15, -0.1) is 0 Å². The first-order valence-electron chi connectivity index (χ1n) is 4.39. The number of hydrogen-bond donors (Lipinski definition) is 1. The molecule has 0 bridgehead atoms. The number of fused-ring (bicyclic) bond motifs is 1. The van der Waals surface area contributed by atoms with Gasteiger partial charge in [0.25, 0.3) is 0 Å². The zero-order valence-electron chi connectivity index (χ0n) is 7.62. The summed E-state index contributed by atoms with van der Waals surface area (Å²) < 4.78 is 10.7. The van der Waals surface area contributed by atoms with Gasteiger partial charge in [0.2, 0.25) is 0 Å². The van der Waals surface area contributed by atoms with Gasteiger partial charge in [-0.25, -0.2) is 0 Å². The summed E-state index contributed by atoms with van der Waals surface area (Å²) in [7, 11) is 1.67. The van der Waals surface area contributed by atoms with Gasteiger partial charge in [0.1, 0.15) is 17.7 Å². The molecule has 0 fully saturated rings. The van der Waals surface area contributed by atoms with E-state index in [9.17, 15) is 0 Å².